The van der Waals surface area contributed by atoms with Crippen LogP contribution < -0.4 is 14.5 Å². The molecule has 1 spiro atoms. The van der Waals surface area contributed by atoms with E-state index in [-0.39, 0.29) is 47.5 Å². The quantitative estimate of drug-likeness (QED) is 0.120. The molecular formula is C36H43BrClN3O5S. The summed E-state index contributed by atoms with van der Waals surface area (Å²) in [6.45, 7) is 11.3. The average Bonchev–Trinajstić information content (AvgIpc) is 3.66. The fourth-order valence-corrected chi connectivity index (χ4v) is 11.1. The maximum absolute atomic E-state index is 14.8. The van der Waals surface area contributed by atoms with Crippen molar-refractivity contribution in [1.82, 2.24) is 4.90 Å². The summed E-state index contributed by atoms with van der Waals surface area (Å²) < 4.78 is 4.83. The first-order valence-electron chi connectivity index (χ1n) is 16.3. The van der Waals surface area contributed by atoms with Crippen LogP contribution >= 0.6 is 39.3 Å². The van der Waals surface area contributed by atoms with E-state index in [1.54, 1.807) is 62.9 Å². The van der Waals surface area contributed by atoms with Crippen LogP contribution in [-0.4, -0.2) is 81.4 Å². The van der Waals surface area contributed by atoms with E-state index < -0.39 is 22.6 Å². The Hall–Kier alpha value is -2.79. The number of aliphatic hydroxyl groups is 1. The molecule has 6 atom stereocenters. The Morgan fingerprint density at radius 2 is 1.62 bits per heavy atom. The number of nitrogens with zero attached hydrogens (tertiary/aromatic N) is 3. The number of rotatable bonds is 16. The lowest BCUT2D eigenvalue weighted by atomic mass is 9.70. The Bertz CT molecular complexity index is 1460. The molecule has 0 saturated carbocycles. The number of carbonyl (C=O) groups excluding carboxylic acids is 3. The highest BCUT2D eigenvalue weighted by Crippen LogP contribution is 2.68. The minimum atomic E-state index is -0.789. The molecule has 0 aliphatic carbocycles. The third-order valence-electron chi connectivity index (χ3n) is 9.37. The number of ether oxygens (including phenoxy) is 1. The smallest absolute Gasteiger partial charge is 0.251 e. The van der Waals surface area contributed by atoms with Crippen LogP contribution in [0.3, 0.4) is 0 Å². The molecular weight excluding hydrogens is 702 g/mol. The SMILES string of the molecule is C=CCN(C(=O)C1N(CCCCCCO)C(=O)[C@@H]2[C@H](C(=O)N(CC=C)c3ccc(OCC)cc3)[C@H]3SC12CC3Br)c1ccc(Cl)cc1. The molecule has 3 heterocycles. The van der Waals surface area contributed by atoms with E-state index in [2.05, 4.69) is 29.1 Å². The lowest BCUT2D eigenvalue weighted by Gasteiger charge is -2.38. The third kappa shape index (κ3) is 6.89. The lowest BCUT2D eigenvalue weighted by Crippen LogP contribution is -2.56. The highest BCUT2D eigenvalue weighted by atomic mass is 79.9. The van der Waals surface area contributed by atoms with Crippen LogP contribution in [0.1, 0.15) is 39.0 Å². The summed E-state index contributed by atoms with van der Waals surface area (Å²) in [7, 11) is 0. The highest BCUT2D eigenvalue weighted by Gasteiger charge is 2.76. The molecule has 252 valence electrons. The number of carbonyl (C=O) groups is 3. The molecule has 2 aromatic rings. The first-order valence-corrected chi connectivity index (χ1v) is 18.5. The van der Waals surface area contributed by atoms with Gasteiger partial charge in [0.2, 0.25) is 11.8 Å². The second-order valence-corrected chi connectivity index (χ2v) is 15.4. The number of anilines is 2. The van der Waals surface area contributed by atoms with Crippen LogP contribution in [0.5, 0.6) is 5.75 Å². The molecule has 3 fully saturated rings. The van der Waals surface area contributed by atoms with Crippen molar-refractivity contribution in [2.24, 2.45) is 11.8 Å². The van der Waals surface area contributed by atoms with Crippen LogP contribution in [0.4, 0.5) is 11.4 Å². The van der Waals surface area contributed by atoms with E-state index in [0.717, 1.165) is 12.8 Å². The van der Waals surface area contributed by atoms with Gasteiger partial charge in [0.25, 0.3) is 5.91 Å². The van der Waals surface area contributed by atoms with E-state index >= 15 is 0 Å². The summed E-state index contributed by atoms with van der Waals surface area (Å²) in [5.41, 5.74) is 1.37. The molecule has 3 aliphatic rings. The zero-order valence-electron chi connectivity index (χ0n) is 26.7. The first kappa shape index (κ1) is 35.5. The Morgan fingerprint density at radius 1 is 1.02 bits per heavy atom. The number of aliphatic hydroxyl groups excluding tert-OH is 1. The molecule has 5 rings (SSSR count). The summed E-state index contributed by atoms with van der Waals surface area (Å²) in [5, 5.41) is 9.65. The van der Waals surface area contributed by atoms with Crippen LogP contribution in [0.25, 0.3) is 0 Å². The summed E-state index contributed by atoms with van der Waals surface area (Å²) in [6, 6.07) is 13.7. The van der Waals surface area contributed by atoms with Gasteiger partial charge < -0.3 is 24.5 Å². The van der Waals surface area contributed by atoms with Crippen molar-refractivity contribution in [2.75, 3.05) is 42.6 Å². The van der Waals surface area contributed by atoms with Gasteiger partial charge in [0.05, 0.1) is 23.2 Å². The normalized spacial score (nSPS) is 25.8. The van der Waals surface area contributed by atoms with Gasteiger partial charge in [0, 0.05) is 52.7 Å². The first-order chi connectivity index (χ1) is 22.7. The standard InChI is InChI=1S/C36H43BrClN3O5S/c1-4-19-39(26-15-17-27(18-16-26)46-6-3)33(43)29-30-34(44)41(21-9-7-8-10-22-42)32(36(30)23-28(37)31(29)47-36)35(45)40(20-5-2)25-13-11-24(38)12-14-25/h4-5,11-18,28-32,42H,1-2,6-10,19-23H2,3H3/t28?,29-,30-,31-,32?,36?/m0/s1. The summed E-state index contributed by atoms with van der Waals surface area (Å²) in [6.07, 6.45) is 7.00. The number of amides is 3. The second kappa shape index (κ2) is 15.6. The molecule has 8 nitrogen and oxygen atoms in total. The monoisotopic (exact) mass is 743 g/mol. The van der Waals surface area contributed by atoms with Crippen molar-refractivity contribution in [3.63, 3.8) is 0 Å². The Balaban J connectivity index is 1.53. The number of benzene rings is 2. The van der Waals surface area contributed by atoms with Crippen molar-refractivity contribution in [2.45, 2.75) is 59.9 Å². The van der Waals surface area contributed by atoms with Gasteiger partial charge in [0.1, 0.15) is 11.8 Å². The van der Waals surface area contributed by atoms with Crippen molar-refractivity contribution in [3.05, 3.63) is 78.9 Å². The van der Waals surface area contributed by atoms with Crippen molar-refractivity contribution in [1.29, 1.82) is 0 Å². The minimum absolute atomic E-state index is 0.0559. The van der Waals surface area contributed by atoms with E-state index in [0.29, 0.717) is 54.6 Å². The summed E-state index contributed by atoms with van der Waals surface area (Å²) in [4.78, 5) is 49.2. The number of unbranched alkanes of at least 4 members (excludes halogenated alkanes) is 3. The van der Waals surface area contributed by atoms with Crippen LogP contribution in [0.2, 0.25) is 5.02 Å². The van der Waals surface area contributed by atoms with E-state index in [1.165, 1.54) is 0 Å². The van der Waals surface area contributed by atoms with Gasteiger partial charge in [-0.2, -0.15) is 0 Å². The summed E-state index contributed by atoms with van der Waals surface area (Å²) >= 11 is 11.7. The number of halogens is 2. The van der Waals surface area contributed by atoms with E-state index in [9.17, 15) is 19.5 Å². The van der Waals surface area contributed by atoms with Gasteiger partial charge in [-0.3, -0.25) is 14.4 Å². The lowest BCUT2D eigenvalue weighted by molar-refractivity contribution is -0.139. The van der Waals surface area contributed by atoms with Crippen molar-refractivity contribution < 1.29 is 24.2 Å². The number of alkyl halides is 1. The number of thioether (sulfide) groups is 1. The van der Waals surface area contributed by atoms with Crippen LogP contribution in [-0.2, 0) is 14.4 Å². The number of hydrogen-bond acceptors (Lipinski definition) is 6. The fraction of sp³-hybridized carbons (Fsp3) is 0.472. The van der Waals surface area contributed by atoms with Crippen LogP contribution in [0.15, 0.2) is 73.8 Å². The van der Waals surface area contributed by atoms with Crippen molar-refractivity contribution >= 4 is 68.4 Å². The maximum Gasteiger partial charge on any atom is 0.251 e. The zero-order chi connectivity index (χ0) is 33.7. The second-order valence-electron chi connectivity index (χ2n) is 12.2. The fourth-order valence-electron chi connectivity index (χ4n) is 7.42. The molecule has 3 unspecified atom stereocenters. The number of fused-ring (bicyclic) bond motifs is 1. The molecule has 3 amide bonds. The third-order valence-corrected chi connectivity index (χ3v) is 12.8. The molecule has 3 aliphatic heterocycles. The van der Waals surface area contributed by atoms with E-state index in [1.807, 2.05) is 31.2 Å². The molecule has 2 bridgehead atoms. The zero-order valence-corrected chi connectivity index (χ0v) is 29.9. The Kier molecular flexibility index (Phi) is 11.8. The average molecular weight is 745 g/mol. The number of hydrogen-bond donors (Lipinski definition) is 1. The van der Waals surface area contributed by atoms with Crippen molar-refractivity contribution in [3.8, 4) is 5.75 Å². The molecule has 11 heteroatoms. The van der Waals surface area contributed by atoms with Crippen LogP contribution in [0, 0.1) is 11.8 Å². The Labute approximate surface area is 295 Å². The highest BCUT2D eigenvalue weighted by molar-refractivity contribution is 9.09. The maximum atomic E-state index is 14.8. The van der Waals surface area contributed by atoms with Gasteiger partial charge in [0.15, 0.2) is 0 Å². The largest absolute Gasteiger partial charge is 0.494 e. The predicted molar refractivity (Wildman–Crippen MR) is 194 cm³/mol. The molecule has 47 heavy (non-hydrogen) atoms. The predicted octanol–water partition coefficient (Wildman–Crippen LogP) is 6.49. The summed E-state index contributed by atoms with van der Waals surface area (Å²) in [5.74, 6) is -1.05. The minimum Gasteiger partial charge on any atom is -0.494 e. The molecule has 1 N–H and O–H groups in total. The Morgan fingerprint density at radius 3 is 2.21 bits per heavy atom. The van der Waals surface area contributed by atoms with E-state index in [4.69, 9.17) is 16.3 Å². The molecule has 0 aromatic heterocycles. The molecule has 0 radical (unpaired) electrons. The van der Waals surface area contributed by atoms with Gasteiger partial charge in [-0.05, 0) is 74.7 Å². The van der Waals surface area contributed by atoms with Gasteiger partial charge in [-0.1, -0.05) is 52.5 Å². The topological polar surface area (TPSA) is 90.4 Å². The molecule has 3 saturated heterocycles. The van der Waals surface area contributed by atoms with Gasteiger partial charge >= 0.3 is 0 Å². The van der Waals surface area contributed by atoms with Gasteiger partial charge in [-0.25, -0.2) is 0 Å². The molecule has 2 aromatic carbocycles. The van der Waals surface area contributed by atoms with Gasteiger partial charge in [-0.15, -0.1) is 24.9 Å². The number of likely N-dealkylation sites (tertiary alicyclic amines) is 1.